The summed E-state index contributed by atoms with van der Waals surface area (Å²) in [7, 11) is 1.58. The zero-order valence-electron chi connectivity index (χ0n) is 20.9. The number of thioether (sulfide) groups is 1. The SMILES string of the molecule is C=CCOC(=O)[C@H]1[C@@H]2SC3(CC2Br)C(C(=O)N(CC=C)c2ccc(OC)cc2)N(CCCCO)C(=O)[C@H]13. The third-order valence-electron chi connectivity index (χ3n) is 7.41. The number of ether oxygens (including phenoxy) is 2. The molecule has 1 aromatic carbocycles. The number of unbranched alkanes of at least 4 members (excludes halogenated alkanes) is 1. The van der Waals surface area contributed by atoms with E-state index in [2.05, 4.69) is 29.1 Å². The molecule has 3 fully saturated rings. The van der Waals surface area contributed by atoms with Crippen LogP contribution < -0.4 is 9.64 Å². The summed E-state index contributed by atoms with van der Waals surface area (Å²) in [4.78, 5) is 44.8. The third-order valence-corrected chi connectivity index (χ3v) is 10.6. The minimum atomic E-state index is -0.768. The number of benzene rings is 1. The second-order valence-corrected chi connectivity index (χ2v) is 12.2. The van der Waals surface area contributed by atoms with Gasteiger partial charge in [0.25, 0.3) is 5.91 Å². The third kappa shape index (κ3) is 4.83. The molecule has 0 aromatic heterocycles. The van der Waals surface area contributed by atoms with Gasteiger partial charge in [0.15, 0.2) is 0 Å². The van der Waals surface area contributed by atoms with Crippen molar-refractivity contribution in [2.75, 3.05) is 38.3 Å². The molecule has 0 aliphatic carbocycles. The molecule has 2 bridgehead atoms. The lowest BCUT2D eigenvalue weighted by Gasteiger charge is -2.37. The first kappa shape index (κ1) is 27.7. The minimum Gasteiger partial charge on any atom is -0.497 e. The fraction of sp³-hybridized carbons (Fsp3) is 0.519. The number of methoxy groups -OCH3 is 1. The molecule has 8 nitrogen and oxygen atoms in total. The number of amides is 2. The summed E-state index contributed by atoms with van der Waals surface area (Å²) in [5.74, 6) is -1.47. The van der Waals surface area contributed by atoms with E-state index >= 15 is 0 Å². The highest BCUT2D eigenvalue weighted by molar-refractivity contribution is 9.09. The topological polar surface area (TPSA) is 96.4 Å². The standard InChI is InChI=1S/C27H33BrN2O6S/c1-4-12-29(17-8-10-18(35-3)11-9-17)25(33)23-27-16-19(28)22(37-27)20(26(34)36-15-5-2)21(27)24(32)30(23)13-6-7-14-31/h4-5,8-11,19-23,31H,1-2,6-7,12-16H2,3H3/t19?,20-,21+,22-,23?,27?/m1/s1. The summed E-state index contributed by atoms with van der Waals surface area (Å²) in [6.45, 7) is 8.11. The molecule has 3 saturated heterocycles. The van der Waals surface area contributed by atoms with Crippen molar-refractivity contribution in [1.29, 1.82) is 0 Å². The Kier molecular flexibility index (Phi) is 8.70. The molecule has 0 radical (unpaired) electrons. The predicted octanol–water partition coefficient (Wildman–Crippen LogP) is 3.18. The van der Waals surface area contributed by atoms with Gasteiger partial charge in [-0.25, -0.2) is 0 Å². The molecular formula is C27H33BrN2O6S. The molecule has 10 heteroatoms. The van der Waals surface area contributed by atoms with Crippen LogP contribution in [0.1, 0.15) is 19.3 Å². The summed E-state index contributed by atoms with van der Waals surface area (Å²) in [6, 6.07) is 6.43. The zero-order valence-corrected chi connectivity index (χ0v) is 23.3. The lowest BCUT2D eigenvalue weighted by atomic mass is 9.71. The number of anilines is 1. The molecule has 3 unspecified atom stereocenters. The Balaban J connectivity index is 1.75. The molecule has 1 spiro atoms. The normalized spacial score (nSPS) is 29.6. The van der Waals surface area contributed by atoms with Gasteiger partial charge in [0.05, 0.1) is 23.7 Å². The Labute approximate surface area is 230 Å². The van der Waals surface area contributed by atoms with Crippen LogP contribution in [0.15, 0.2) is 49.6 Å². The van der Waals surface area contributed by atoms with Crippen molar-refractivity contribution in [3.63, 3.8) is 0 Å². The Bertz CT molecular complexity index is 1050. The number of esters is 1. The Morgan fingerprint density at radius 2 is 2.00 bits per heavy atom. The number of fused-ring (bicyclic) bond motifs is 1. The molecular weight excluding hydrogens is 560 g/mol. The van der Waals surface area contributed by atoms with Crippen LogP contribution in [0.2, 0.25) is 0 Å². The van der Waals surface area contributed by atoms with Crippen molar-refractivity contribution in [3.8, 4) is 5.75 Å². The molecule has 200 valence electrons. The minimum absolute atomic E-state index is 0.000451. The van der Waals surface area contributed by atoms with Crippen LogP contribution in [0.3, 0.4) is 0 Å². The summed E-state index contributed by atoms with van der Waals surface area (Å²) >= 11 is 5.31. The summed E-state index contributed by atoms with van der Waals surface area (Å²) < 4.78 is 9.92. The monoisotopic (exact) mass is 592 g/mol. The second-order valence-electron chi connectivity index (χ2n) is 9.48. The van der Waals surface area contributed by atoms with Gasteiger partial charge in [-0.05, 0) is 43.5 Å². The van der Waals surface area contributed by atoms with Gasteiger partial charge in [0, 0.05) is 35.5 Å². The van der Waals surface area contributed by atoms with E-state index in [-0.39, 0.29) is 41.6 Å². The molecule has 4 rings (SSSR count). The highest BCUT2D eigenvalue weighted by Crippen LogP contribution is 2.68. The molecule has 1 aromatic rings. The second kappa shape index (κ2) is 11.6. The van der Waals surface area contributed by atoms with Gasteiger partial charge < -0.3 is 24.4 Å². The van der Waals surface area contributed by atoms with E-state index < -0.39 is 28.6 Å². The summed E-state index contributed by atoms with van der Waals surface area (Å²) in [6.07, 6.45) is 4.81. The maximum Gasteiger partial charge on any atom is 0.311 e. The average Bonchev–Trinajstić information content (AvgIpc) is 3.49. The molecule has 37 heavy (non-hydrogen) atoms. The predicted molar refractivity (Wildman–Crippen MR) is 147 cm³/mol. The van der Waals surface area contributed by atoms with Crippen LogP contribution in [-0.2, 0) is 19.1 Å². The van der Waals surface area contributed by atoms with Gasteiger partial charge in [-0.1, -0.05) is 34.7 Å². The van der Waals surface area contributed by atoms with Crippen molar-refractivity contribution < 1.29 is 29.0 Å². The molecule has 3 heterocycles. The van der Waals surface area contributed by atoms with Gasteiger partial charge in [-0.2, -0.15) is 0 Å². The van der Waals surface area contributed by atoms with Crippen LogP contribution in [0.5, 0.6) is 5.75 Å². The van der Waals surface area contributed by atoms with Crippen molar-refractivity contribution in [1.82, 2.24) is 4.90 Å². The fourth-order valence-electron chi connectivity index (χ4n) is 5.91. The molecule has 3 aliphatic heterocycles. The number of carbonyl (C=O) groups is 3. The zero-order chi connectivity index (χ0) is 26.7. The first-order chi connectivity index (χ1) is 17.8. The van der Waals surface area contributed by atoms with Gasteiger partial charge in [0.1, 0.15) is 18.4 Å². The average molecular weight is 594 g/mol. The maximum absolute atomic E-state index is 14.4. The van der Waals surface area contributed by atoms with Crippen LogP contribution >= 0.6 is 27.7 Å². The van der Waals surface area contributed by atoms with Gasteiger partial charge in [-0.3, -0.25) is 14.4 Å². The summed E-state index contributed by atoms with van der Waals surface area (Å²) in [5, 5.41) is 9.18. The number of alkyl halides is 1. The van der Waals surface area contributed by atoms with Crippen molar-refractivity contribution in [2.24, 2.45) is 11.8 Å². The number of aliphatic hydroxyl groups is 1. The number of aliphatic hydroxyl groups excluding tert-OH is 1. The molecule has 6 atom stereocenters. The van der Waals surface area contributed by atoms with E-state index in [4.69, 9.17) is 9.47 Å². The van der Waals surface area contributed by atoms with E-state index in [0.29, 0.717) is 37.2 Å². The number of carbonyl (C=O) groups excluding carboxylic acids is 3. The molecule has 1 N–H and O–H groups in total. The number of halogens is 1. The van der Waals surface area contributed by atoms with Crippen LogP contribution in [0, 0.1) is 11.8 Å². The number of hydrogen-bond acceptors (Lipinski definition) is 7. The lowest BCUT2D eigenvalue weighted by Crippen LogP contribution is -2.55. The van der Waals surface area contributed by atoms with E-state index in [0.717, 1.165) is 0 Å². The largest absolute Gasteiger partial charge is 0.497 e. The number of likely N-dealkylation sites (tertiary alicyclic amines) is 1. The van der Waals surface area contributed by atoms with Gasteiger partial charge >= 0.3 is 5.97 Å². The Morgan fingerprint density at radius 3 is 2.62 bits per heavy atom. The first-order valence-corrected chi connectivity index (χ1v) is 14.2. The van der Waals surface area contributed by atoms with E-state index in [1.807, 2.05) is 12.1 Å². The van der Waals surface area contributed by atoms with E-state index in [1.165, 1.54) is 6.08 Å². The Morgan fingerprint density at radius 1 is 1.27 bits per heavy atom. The van der Waals surface area contributed by atoms with Crippen LogP contribution in [0.4, 0.5) is 5.69 Å². The number of rotatable bonds is 12. The summed E-state index contributed by atoms with van der Waals surface area (Å²) in [5.41, 5.74) is 0.670. The highest BCUT2D eigenvalue weighted by Gasteiger charge is 2.76. The quantitative estimate of drug-likeness (QED) is 0.172. The van der Waals surface area contributed by atoms with Crippen molar-refractivity contribution in [3.05, 3.63) is 49.6 Å². The lowest BCUT2D eigenvalue weighted by molar-refractivity contribution is -0.153. The van der Waals surface area contributed by atoms with Gasteiger partial charge in [0.2, 0.25) is 5.91 Å². The highest BCUT2D eigenvalue weighted by atomic mass is 79.9. The molecule has 2 amide bonds. The van der Waals surface area contributed by atoms with Crippen LogP contribution in [-0.4, -0.2) is 82.1 Å². The smallest absolute Gasteiger partial charge is 0.311 e. The van der Waals surface area contributed by atoms with Crippen LogP contribution in [0.25, 0.3) is 0 Å². The number of nitrogens with zero attached hydrogens (tertiary/aromatic N) is 2. The molecule has 3 aliphatic rings. The Hall–Kier alpha value is -2.30. The van der Waals surface area contributed by atoms with E-state index in [9.17, 15) is 19.5 Å². The first-order valence-electron chi connectivity index (χ1n) is 12.4. The van der Waals surface area contributed by atoms with E-state index in [1.54, 1.807) is 46.9 Å². The molecule has 0 saturated carbocycles. The van der Waals surface area contributed by atoms with Gasteiger partial charge in [-0.15, -0.1) is 18.3 Å². The fourth-order valence-corrected chi connectivity index (χ4v) is 9.51. The maximum atomic E-state index is 14.4. The van der Waals surface area contributed by atoms with Crippen molar-refractivity contribution >= 4 is 51.2 Å². The number of hydrogen-bond donors (Lipinski definition) is 1. The van der Waals surface area contributed by atoms with Crippen molar-refractivity contribution in [2.45, 2.75) is 40.1 Å².